The van der Waals surface area contributed by atoms with Crippen molar-refractivity contribution in [1.82, 2.24) is 4.90 Å². The summed E-state index contributed by atoms with van der Waals surface area (Å²) in [4.78, 5) is 2.31. The van der Waals surface area contributed by atoms with Crippen LogP contribution in [0.2, 0.25) is 0 Å². The molecule has 0 aromatic heterocycles. The standard InChI is InChI=1S/C13H20N2/c1-9-4-5-11(10(2)6-9)12-7-15(3)8-13(12)14/h4-6,12-13H,7-8,14H2,1-3H3. The van der Waals surface area contributed by atoms with E-state index in [0.29, 0.717) is 5.92 Å². The zero-order valence-corrected chi connectivity index (χ0v) is 9.83. The lowest BCUT2D eigenvalue weighted by molar-refractivity contribution is 0.407. The van der Waals surface area contributed by atoms with Gasteiger partial charge in [0.25, 0.3) is 0 Å². The average Bonchev–Trinajstić information content (AvgIpc) is 2.45. The number of nitrogens with two attached hydrogens (primary N) is 1. The van der Waals surface area contributed by atoms with Gasteiger partial charge in [-0.1, -0.05) is 23.8 Å². The Hall–Kier alpha value is -0.860. The van der Waals surface area contributed by atoms with Crippen LogP contribution in [0, 0.1) is 13.8 Å². The monoisotopic (exact) mass is 204 g/mol. The Bertz CT molecular complexity index is 360. The molecule has 0 bridgehead atoms. The van der Waals surface area contributed by atoms with Crippen molar-refractivity contribution >= 4 is 0 Å². The summed E-state index contributed by atoms with van der Waals surface area (Å²) in [5.74, 6) is 0.510. The van der Waals surface area contributed by atoms with Crippen LogP contribution in [0.4, 0.5) is 0 Å². The largest absolute Gasteiger partial charge is 0.326 e. The molecule has 82 valence electrons. The smallest absolute Gasteiger partial charge is 0.0249 e. The van der Waals surface area contributed by atoms with Crippen LogP contribution in [0.25, 0.3) is 0 Å². The summed E-state index contributed by atoms with van der Waals surface area (Å²) in [7, 11) is 2.14. The van der Waals surface area contributed by atoms with Gasteiger partial charge in [0.1, 0.15) is 0 Å². The SMILES string of the molecule is Cc1ccc(C2CN(C)CC2N)c(C)c1. The fraction of sp³-hybridized carbons (Fsp3) is 0.538. The first-order valence-electron chi connectivity index (χ1n) is 5.59. The maximum Gasteiger partial charge on any atom is 0.0249 e. The van der Waals surface area contributed by atoms with Crippen LogP contribution in [0.15, 0.2) is 18.2 Å². The van der Waals surface area contributed by atoms with E-state index in [1.807, 2.05) is 0 Å². The number of likely N-dealkylation sites (N-methyl/N-ethyl adjacent to an activating group) is 1. The second-order valence-electron chi connectivity index (χ2n) is 4.85. The Kier molecular flexibility index (Phi) is 2.81. The molecule has 0 aliphatic carbocycles. The second-order valence-corrected chi connectivity index (χ2v) is 4.85. The minimum Gasteiger partial charge on any atom is -0.326 e. The van der Waals surface area contributed by atoms with Crippen molar-refractivity contribution in [3.05, 3.63) is 34.9 Å². The van der Waals surface area contributed by atoms with Gasteiger partial charge in [-0.25, -0.2) is 0 Å². The molecule has 2 N–H and O–H groups in total. The highest BCUT2D eigenvalue weighted by Gasteiger charge is 2.29. The summed E-state index contributed by atoms with van der Waals surface area (Å²) >= 11 is 0. The van der Waals surface area contributed by atoms with Crippen LogP contribution in [-0.2, 0) is 0 Å². The highest BCUT2D eigenvalue weighted by Crippen LogP contribution is 2.28. The first-order chi connectivity index (χ1) is 7.08. The normalized spacial score (nSPS) is 27.2. The van der Waals surface area contributed by atoms with E-state index in [1.54, 1.807) is 0 Å². The Labute approximate surface area is 92.1 Å². The molecule has 1 aliphatic rings. The predicted molar refractivity (Wildman–Crippen MR) is 64.1 cm³/mol. The summed E-state index contributed by atoms with van der Waals surface area (Å²) in [6.07, 6.45) is 0. The van der Waals surface area contributed by atoms with Gasteiger partial charge in [-0.05, 0) is 32.0 Å². The molecule has 0 spiro atoms. The molecule has 1 aromatic carbocycles. The second kappa shape index (κ2) is 3.95. The Morgan fingerprint density at radius 2 is 2.00 bits per heavy atom. The van der Waals surface area contributed by atoms with E-state index in [4.69, 9.17) is 5.73 Å². The van der Waals surface area contributed by atoms with Gasteiger partial charge in [-0.2, -0.15) is 0 Å². The molecule has 1 aromatic rings. The highest BCUT2D eigenvalue weighted by atomic mass is 15.1. The highest BCUT2D eigenvalue weighted by molar-refractivity contribution is 5.35. The molecule has 1 aliphatic heterocycles. The van der Waals surface area contributed by atoms with E-state index in [2.05, 4.69) is 44.0 Å². The van der Waals surface area contributed by atoms with Crippen LogP contribution >= 0.6 is 0 Å². The van der Waals surface area contributed by atoms with E-state index in [0.717, 1.165) is 13.1 Å². The van der Waals surface area contributed by atoms with Gasteiger partial charge in [0, 0.05) is 25.0 Å². The van der Waals surface area contributed by atoms with E-state index >= 15 is 0 Å². The number of nitrogens with zero attached hydrogens (tertiary/aromatic N) is 1. The summed E-state index contributed by atoms with van der Waals surface area (Å²) in [6, 6.07) is 6.97. The maximum absolute atomic E-state index is 6.17. The molecule has 0 saturated carbocycles. The van der Waals surface area contributed by atoms with Gasteiger partial charge in [0.05, 0.1) is 0 Å². The fourth-order valence-corrected chi connectivity index (χ4v) is 2.60. The minimum atomic E-state index is 0.288. The Morgan fingerprint density at radius 3 is 2.53 bits per heavy atom. The van der Waals surface area contributed by atoms with E-state index in [1.165, 1.54) is 16.7 Å². The number of hydrogen-bond acceptors (Lipinski definition) is 2. The molecule has 2 heteroatoms. The third-order valence-electron chi connectivity index (χ3n) is 3.37. The minimum absolute atomic E-state index is 0.288. The van der Waals surface area contributed by atoms with E-state index in [-0.39, 0.29) is 6.04 Å². The first kappa shape index (κ1) is 10.7. The van der Waals surface area contributed by atoms with Crippen LogP contribution in [0.3, 0.4) is 0 Å². The zero-order valence-electron chi connectivity index (χ0n) is 9.83. The first-order valence-corrected chi connectivity index (χ1v) is 5.59. The third kappa shape index (κ3) is 2.06. The van der Waals surface area contributed by atoms with Crippen LogP contribution in [0.1, 0.15) is 22.6 Å². The molecule has 15 heavy (non-hydrogen) atoms. The molecule has 1 fully saturated rings. The van der Waals surface area contributed by atoms with Crippen LogP contribution < -0.4 is 5.73 Å². The Balaban J connectivity index is 2.29. The van der Waals surface area contributed by atoms with Crippen molar-refractivity contribution in [1.29, 1.82) is 0 Å². The lowest BCUT2D eigenvalue weighted by Crippen LogP contribution is -2.28. The van der Waals surface area contributed by atoms with Gasteiger partial charge < -0.3 is 10.6 Å². The van der Waals surface area contributed by atoms with E-state index < -0.39 is 0 Å². The molecule has 2 unspecified atom stereocenters. The molecular weight excluding hydrogens is 184 g/mol. The number of aryl methyl sites for hydroxylation is 2. The van der Waals surface area contributed by atoms with Crippen molar-refractivity contribution in [3.63, 3.8) is 0 Å². The topological polar surface area (TPSA) is 29.3 Å². The van der Waals surface area contributed by atoms with Gasteiger partial charge >= 0.3 is 0 Å². The lowest BCUT2D eigenvalue weighted by atomic mass is 9.90. The van der Waals surface area contributed by atoms with Crippen LogP contribution in [0.5, 0.6) is 0 Å². The zero-order chi connectivity index (χ0) is 11.0. The molecular formula is C13H20N2. The number of hydrogen-bond donors (Lipinski definition) is 1. The molecule has 1 heterocycles. The number of likely N-dealkylation sites (tertiary alicyclic amines) is 1. The molecule has 0 amide bonds. The van der Waals surface area contributed by atoms with Gasteiger partial charge in [-0.15, -0.1) is 0 Å². The van der Waals surface area contributed by atoms with Crippen molar-refractivity contribution in [3.8, 4) is 0 Å². The summed E-state index contributed by atoms with van der Waals surface area (Å²) in [5, 5.41) is 0. The van der Waals surface area contributed by atoms with Crippen molar-refractivity contribution in [2.75, 3.05) is 20.1 Å². The van der Waals surface area contributed by atoms with Crippen molar-refractivity contribution in [2.24, 2.45) is 5.73 Å². The molecule has 2 nitrogen and oxygen atoms in total. The lowest BCUT2D eigenvalue weighted by Gasteiger charge is -2.17. The predicted octanol–water partition coefficient (Wildman–Crippen LogP) is 1.66. The molecule has 1 saturated heterocycles. The molecule has 2 rings (SSSR count). The van der Waals surface area contributed by atoms with Gasteiger partial charge in [-0.3, -0.25) is 0 Å². The van der Waals surface area contributed by atoms with Crippen molar-refractivity contribution < 1.29 is 0 Å². The van der Waals surface area contributed by atoms with Gasteiger partial charge in [0.2, 0.25) is 0 Å². The summed E-state index contributed by atoms with van der Waals surface area (Å²) in [5.41, 5.74) is 10.3. The van der Waals surface area contributed by atoms with E-state index in [9.17, 15) is 0 Å². The fourth-order valence-electron chi connectivity index (χ4n) is 2.60. The molecule has 2 atom stereocenters. The van der Waals surface area contributed by atoms with Gasteiger partial charge in [0.15, 0.2) is 0 Å². The Morgan fingerprint density at radius 1 is 1.27 bits per heavy atom. The summed E-state index contributed by atoms with van der Waals surface area (Å²) in [6.45, 7) is 6.42. The third-order valence-corrected chi connectivity index (χ3v) is 3.37. The van der Waals surface area contributed by atoms with Crippen LogP contribution in [-0.4, -0.2) is 31.1 Å². The number of rotatable bonds is 1. The van der Waals surface area contributed by atoms with Crippen molar-refractivity contribution in [2.45, 2.75) is 25.8 Å². The summed E-state index contributed by atoms with van der Waals surface area (Å²) < 4.78 is 0. The maximum atomic E-state index is 6.17. The average molecular weight is 204 g/mol. The molecule has 0 radical (unpaired) electrons. The quantitative estimate of drug-likeness (QED) is 0.754. The number of benzene rings is 1.